The minimum atomic E-state index is -1.52. The van der Waals surface area contributed by atoms with Crippen molar-refractivity contribution in [2.24, 2.45) is 5.73 Å². The largest absolute Gasteiger partial charge is 0.493 e. The molecule has 0 radical (unpaired) electrons. The number of amides is 1. The zero-order chi connectivity index (χ0) is 27.7. The third kappa shape index (κ3) is 5.19. The first kappa shape index (κ1) is 27.1. The minimum absolute atomic E-state index is 0.0168. The maximum Gasteiger partial charge on any atom is 0.231 e. The summed E-state index contributed by atoms with van der Waals surface area (Å²) < 4.78 is 30.0. The summed E-state index contributed by atoms with van der Waals surface area (Å²) in [4.78, 5) is 29.8. The molecule has 0 unspecified atom stereocenters. The lowest BCUT2D eigenvalue weighted by molar-refractivity contribution is -0.123. The van der Waals surface area contributed by atoms with Gasteiger partial charge in [-0.1, -0.05) is 6.07 Å². The van der Waals surface area contributed by atoms with E-state index in [1.54, 1.807) is 50.2 Å². The third-order valence-electron chi connectivity index (χ3n) is 7.03. The molecule has 2 heterocycles. The van der Waals surface area contributed by atoms with Crippen molar-refractivity contribution in [3.05, 3.63) is 71.2 Å². The molecule has 2 aromatic carbocycles. The molecule has 8 nitrogen and oxygen atoms in total. The number of carbonyl (C=O) groups excluding carboxylic acids is 2. The average molecular weight is 523 g/mol. The van der Waals surface area contributed by atoms with Gasteiger partial charge in [-0.15, -0.1) is 0 Å². The van der Waals surface area contributed by atoms with Gasteiger partial charge < -0.3 is 25.1 Å². The van der Waals surface area contributed by atoms with Gasteiger partial charge >= 0.3 is 0 Å². The number of benzene rings is 2. The van der Waals surface area contributed by atoms with Crippen molar-refractivity contribution in [2.45, 2.75) is 44.1 Å². The summed E-state index contributed by atoms with van der Waals surface area (Å²) in [7, 11) is 3.07. The lowest BCUT2D eigenvalue weighted by Gasteiger charge is -2.26. The number of methoxy groups -OCH3 is 2. The number of Topliss-reactive ketones (excluding diaryl/α,β-unsaturated/α-hetero) is 1. The van der Waals surface area contributed by atoms with Gasteiger partial charge in [-0.2, -0.15) is 0 Å². The smallest absolute Gasteiger partial charge is 0.231 e. The van der Waals surface area contributed by atoms with Gasteiger partial charge in [0.2, 0.25) is 5.91 Å². The molecule has 1 aliphatic rings. The second-order valence-electron chi connectivity index (χ2n) is 9.90. The van der Waals surface area contributed by atoms with Gasteiger partial charge in [0.1, 0.15) is 40.7 Å². The molecule has 3 N–H and O–H groups in total. The van der Waals surface area contributed by atoms with Crippen LogP contribution in [0, 0.1) is 5.82 Å². The lowest BCUT2D eigenvalue weighted by Crippen LogP contribution is -2.40. The van der Waals surface area contributed by atoms with Gasteiger partial charge in [0.15, 0.2) is 11.5 Å². The number of nitrogens with two attached hydrogens (primary N) is 1. The SMILES string of the molecule is COc1ccc(CC(=O)CC[C@](C)(O)c2cc3c(c(-c4ccc(F)cc4)n2)OC[C@]3(C)C(N)=O)cc1OC. The van der Waals surface area contributed by atoms with Crippen molar-refractivity contribution < 1.29 is 33.3 Å². The van der Waals surface area contributed by atoms with Crippen molar-refractivity contribution in [2.75, 3.05) is 20.8 Å². The Morgan fingerprint density at radius 3 is 2.45 bits per heavy atom. The number of fused-ring (bicyclic) bond motifs is 1. The van der Waals surface area contributed by atoms with Crippen LogP contribution in [-0.2, 0) is 27.0 Å². The third-order valence-corrected chi connectivity index (χ3v) is 7.03. The predicted octanol–water partition coefficient (Wildman–Crippen LogP) is 3.84. The zero-order valence-electron chi connectivity index (χ0n) is 21.8. The van der Waals surface area contributed by atoms with E-state index in [0.717, 1.165) is 5.56 Å². The first-order valence-electron chi connectivity index (χ1n) is 12.2. The second kappa shape index (κ2) is 10.4. The van der Waals surface area contributed by atoms with Gasteiger partial charge in [0.05, 0.1) is 19.9 Å². The Bertz CT molecular complexity index is 1370. The minimum Gasteiger partial charge on any atom is -0.493 e. The maximum absolute atomic E-state index is 13.6. The molecular weight excluding hydrogens is 491 g/mol. The number of ether oxygens (including phenoxy) is 3. The van der Waals surface area contributed by atoms with E-state index < -0.39 is 22.7 Å². The van der Waals surface area contributed by atoms with Gasteiger partial charge in [-0.25, -0.2) is 9.37 Å². The van der Waals surface area contributed by atoms with E-state index in [0.29, 0.717) is 34.1 Å². The average Bonchev–Trinajstić information content (AvgIpc) is 3.25. The molecule has 38 heavy (non-hydrogen) atoms. The molecule has 9 heteroatoms. The van der Waals surface area contributed by atoms with Crippen molar-refractivity contribution in [3.8, 4) is 28.5 Å². The number of hydrogen-bond acceptors (Lipinski definition) is 7. The Morgan fingerprint density at radius 1 is 1.13 bits per heavy atom. The van der Waals surface area contributed by atoms with Crippen molar-refractivity contribution in [1.82, 2.24) is 4.98 Å². The number of carbonyl (C=O) groups is 2. The molecule has 1 amide bonds. The summed E-state index contributed by atoms with van der Waals surface area (Å²) in [5, 5.41) is 11.4. The molecule has 0 spiro atoms. The molecule has 4 rings (SSSR count). The van der Waals surface area contributed by atoms with Gasteiger partial charge in [-0.3, -0.25) is 9.59 Å². The van der Waals surface area contributed by atoms with E-state index in [2.05, 4.69) is 4.98 Å². The Hall–Kier alpha value is -3.98. The zero-order valence-corrected chi connectivity index (χ0v) is 21.8. The molecule has 1 aromatic heterocycles. The highest BCUT2D eigenvalue weighted by molar-refractivity contribution is 5.90. The Morgan fingerprint density at radius 2 is 1.82 bits per heavy atom. The molecular formula is C29H31FN2O6. The van der Waals surface area contributed by atoms with E-state index in [-0.39, 0.29) is 37.3 Å². The Balaban J connectivity index is 1.61. The number of hydrogen-bond donors (Lipinski definition) is 2. The van der Waals surface area contributed by atoms with Crippen LogP contribution in [0.1, 0.15) is 43.5 Å². The van der Waals surface area contributed by atoms with Crippen molar-refractivity contribution in [3.63, 3.8) is 0 Å². The van der Waals surface area contributed by atoms with Crippen LogP contribution in [0.25, 0.3) is 11.3 Å². The Labute approximate surface area is 220 Å². The molecule has 2 atom stereocenters. The predicted molar refractivity (Wildman–Crippen MR) is 139 cm³/mol. The number of aliphatic hydroxyl groups is 1. The number of rotatable bonds is 10. The number of ketones is 1. The highest BCUT2D eigenvalue weighted by Crippen LogP contribution is 2.46. The maximum atomic E-state index is 13.6. The van der Waals surface area contributed by atoms with E-state index in [1.165, 1.54) is 26.4 Å². The van der Waals surface area contributed by atoms with Crippen LogP contribution in [0.2, 0.25) is 0 Å². The summed E-state index contributed by atoms with van der Waals surface area (Å²) in [5.74, 6) is 0.385. The molecule has 0 fully saturated rings. The monoisotopic (exact) mass is 522 g/mol. The summed E-state index contributed by atoms with van der Waals surface area (Å²) in [6.07, 6.45) is 0.319. The van der Waals surface area contributed by atoms with Gasteiger partial charge in [0, 0.05) is 24.0 Å². The van der Waals surface area contributed by atoms with E-state index >= 15 is 0 Å². The standard InChI is InChI=1S/C29H31FN2O6/c1-28(27(31)34)16-38-26-21(28)15-24(32-25(26)18-6-8-19(30)9-7-18)29(2,35)12-11-20(33)13-17-5-10-22(36-3)23(14-17)37-4/h5-10,14-15,35H,11-13,16H2,1-4H3,(H2,31,34)/t28-,29-/m0/s1. The van der Waals surface area contributed by atoms with Crippen molar-refractivity contribution >= 4 is 11.7 Å². The first-order chi connectivity index (χ1) is 18.0. The number of aromatic nitrogens is 1. The number of nitrogens with zero attached hydrogens (tertiary/aromatic N) is 1. The molecule has 0 saturated carbocycles. The topological polar surface area (TPSA) is 121 Å². The highest BCUT2D eigenvalue weighted by atomic mass is 19.1. The fraction of sp³-hybridized carbons (Fsp3) is 0.345. The van der Waals surface area contributed by atoms with E-state index in [4.69, 9.17) is 19.9 Å². The van der Waals surface area contributed by atoms with Crippen LogP contribution >= 0.6 is 0 Å². The summed E-state index contributed by atoms with van der Waals surface area (Å²) in [6.45, 7) is 3.25. The second-order valence-corrected chi connectivity index (χ2v) is 9.90. The fourth-order valence-electron chi connectivity index (χ4n) is 4.48. The van der Waals surface area contributed by atoms with Crippen LogP contribution in [0.4, 0.5) is 4.39 Å². The molecule has 0 bridgehead atoms. The van der Waals surface area contributed by atoms with E-state index in [1.807, 2.05) is 0 Å². The number of halogens is 1. The van der Waals surface area contributed by atoms with Crippen LogP contribution in [0.5, 0.6) is 17.2 Å². The fourth-order valence-corrected chi connectivity index (χ4v) is 4.48. The number of primary amides is 1. The summed E-state index contributed by atoms with van der Waals surface area (Å²) in [6, 6.07) is 12.6. The normalized spacial score (nSPS) is 17.7. The van der Waals surface area contributed by atoms with Crippen LogP contribution < -0.4 is 19.9 Å². The lowest BCUT2D eigenvalue weighted by atomic mass is 9.81. The van der Waals surface area contributed by atoms with Crippen LogP contribution in [0.3, 0.4) is 0 Å². The van der Waals surface area contributed by atoms with E-state index in [9.17, 15) is 19.1 Å². The quantitative estimate of drug-likeness (QED) is 0.415. The molecule has 200 valence electrons. The first-order valence-corrected chi connectivity index (χ1v) is 12.2. The summed E-state index contributed by atoms with van der Waals surface area (Å²) >= 11 is 0. The van der Waals surface area contributed by atoms with Crippen molar-refractivity contribution in [1.29, 1.82) is 0 Å². The Kier molecular flexibility index (Phi) is 7.42. The molecule has 0 saturated heterocycles. The molecule has 0 aliphatic carbocycles. The van der Waals surface area contributed by atoms with Gasteiger partial charge in [0.25, 0.3) is 0 Å². The van der Waals surface area contributed by atoms with Gasteiger partial charge in [-0.05, 0) is 68.3 Å². The number of pyridine rings is 1. The molecule has 1 aliphatic heterocycles. The van der Waals surface area contributed by atoms with Crippen LogP contribution in [-0.4, -0.2) is 42.6 Å². The summed E-state index contributed by atoms with van der Waals surface area (Å²) in [5.41, 5.74) is 5.48. The molecule has 3 aromatic rings. The highest BCUT2D eigenvalue weighted by Gasteiger charge is 2.45. The van der Waals surface area contributed by atoms with Crippen LogP contribution in [0.15, 0.2) is 48.5 Å².